The van der Waals surface area contributed by atoms with Crippen molar-refractivity contribution in [3.8, 4) is 5.75 Å². The van der Waals surface area contributed by atoms with E-state index in [1.807, 2.05) is 38.1 Å². The second kappa shape index (κ2) is 4.34. The van der Waals surface area contributed by atoms with Gasteiger partial charge >= 0.3 is 0 Å². The summed E-state index contributed by atoms with van der Waals surface area (Å²) in [7, 11) is 1.61. The third kappa shape index (κ3) is 2.24. The van der Waals surface area contributed by atoms with Crippen molar-refractivity contribution in [2.24, 2.45) is 0 Å². The summed E-state index contributed by atoms with van der Waals surface area (Å²) in [5, 5.41) is 0. The van der Waals surface area contributed by atoms with Gasteiger partial charge in [-0.2, -0.15) is 0 Å². The summed E-state index contributed by atoms with van der Waals surface area (Å²) in [5.41, 5.74) is 0.263. The monoisotopic (exact) mass is 232 g/mol. The lowest BCUT2D eigenvalue weighted by Gasteiger charge is -2.03. The lowest BCUT2D eigenvalue weighted by atomic mass is 10.0. The number of rotatable bonds is 4. The summed E-state index contributed by atoms with van der Waals surface area (Å²) in [6.07, 6.45) is 3.33. The molecule has 0 aromatic heterocycles. The van der Waals surface area contributed by atoms with E-state index in [4.69, 9.17) is 9.47 Å². The SMILES string of the molecule is COc1ccccc1/C=C/C(=O)[C@@]1(C)O[C@@H]1C. The second-order valence-corrected chi connectivity index (χ2v) is 4.31. The number of benzene rings is 1. The van der Waals surface area contributed by atoms with Crippen LogP contribution in [-0.2, 0) is 9.53 Å². The Hall–Kier alpha value is -1.61. The van der Waals surface area contributed by atoms with E-state index in [1.165, 1.54) is 0 Å². The average Bonchev–Trinajstić information content (AvgIpc) is 2.96. The predicted octanol–water partition coefficient (Wildman–Crippen LogP) is 2.45. The highest BCUT2D eigenvalue weighted by atomic mass is 16.6. The molecular formula is C14H16O3. The smallest absolute Gasteiger partial charge is 0.189 e. The molecule has 17 heavy (non-hydrogen) atoms. The lowest BCUT2D eigenvalue weighted by Crippen LogP contribution is -2.20. The van der Waals surface area contributed by atoms with Crippen LogP contribution in [0, 0.1) is 0 Å². The van der Waals surface area contributed by atoms with Crippen LogP contribution in [0.5, 0.6) is 5.75 Å². The highest BCUT2D eigenvalue weighted by Crippen LogP contribution is 2.36. The minimum atomic E-state index is -0.626. The molecule has 1 heterocycles. The van der Waals surface area contributed by atoms with Crippen molar-refractivity contribution in [1.82, 2.24) is 0 Å². The largest absolute Gasteiger partial charge is 0.496 e. The van der Waals surface area contributed by atoms with Gasteiger partial charge < -0.3 is 9.47 Å². The van der Waals surface area contributed by atoms with E-state index in [0.717, 1.165) is 11.3 Å². The number of epoxide rings is 1. The molecule has 1 aliphatic heterocycles. The normalized spacial score (nSPS) is 27.1. The summed E-state index contributed by atoms with van der Waals surface area (Å²) in [4.78, 5) is 11.9. The summed E-state index contributed by atoms with van der Waals surface area (Å²) < 4.78 is 10.5. The molecule has 1 aromatic carbocycles. The van der Waals surface area contributed by atoms with E-state index in [1.54, 1.807) is 19.3 Å². The molecule has 0 unspecified atom stereocenters. The summed E-state index contributed by atoms with van der Waals surface area (Å²) in [6.45, 7) is 3.71. The molecule has 1 saturated heterocycles. The number of hydrogen-bond donors (Lipinski definition) is 0. The number of carbonyl (C=O) groups is 1. The fraction of sp³-hybridized carbons (Fsp3) is 0.357. The molecule has 0 bridgehead atoms. The molecule has 0 radical (unpaired) electrons. The van der Waals surface area contributed by atoms with Crippen LogP contribution in [0.4, 0.5) is 0 Å². The van der Waals surface area contributed by atoms with Gasteiger partial charge in [0, 0.05) is 5.56 Å². The highest BCUT2D eigenvalue weighted by Gasteiger charge is 2.54. The molecule has 3 heteroatoms. The Bertz CT molecular complexity index is 464. The molecule has 0 aliphatic carbocycles. The molecule has 90 valence electrons. The van der Waals surface area contributed by atoms with Crippen LogP contribution in [-0.4, -0.2) is 24.6 Å². The number of ether oxygens (including phenoxy) is 2. The van der Waals surface area contributed by atoms with Crippen LogP contribution in [0.1, 0.15) is 19.4 Å². The Balaban J connectivity index is 2.13. The Morgan fingerprint density at radius 2 is 2.12 bits per heavy atom. The summed E-state index contributed by atoms with van der Waals surface area (Å²) in [5.74, 6) is 0.752. The first-order valence-electron chi connectivity index (χ1n) is 5.61. The molecule has 0 amide bonds. The van der Waals surface area contributed by atoms with Gasteiger partial charge in [0.05, 0.1) is 13.2 Å². The summed E-state index contributed by atoms with van der Waals surface area (Å²) in [6, 6.07) is 7.57. The molecule has 0 spiro atoms. The minimum absolute atomic E-state index is 0.00379. The quantitative estimate of drug-likeness (QED) is 0.591. The zero-order valence-electron chi connectivity index (χ0n) is 10.3. The lowest BCUT2D eigenvalue weighted by molar-refractivity contribution is -0.118. The molecule has 0 saturated carbocycles. The fourth-order valence-electron chi connectivity index (χ4n) is 1.73. The van der Waals surface area contributed by atoms with Crippen molar-refractivity contribution >= 4 is 11.9 Å². The maximum atomic E-state index is 11.9. The maximum absolute atomic E-state index is 11.9. The Morgan fingerprint density at radius 1 is 1.47 bits per heavy atom. The number of carbonyl (C=O) groups excluding carboxylic acids is 1. The van der Waals surface area contributed by atoms with E-state index >= 15 is 0 Å². The van der Waals surface area contributed by atoms with Crippen LogP contribution < -0.4 is 4.74 Å². The topological polar surface area (TPSA) is 38.8 Å². The fourth-order valence-corrected chi connectivity index (χ4v) is 1.73. The molecule has 1 aliphatic rings. The van der Waals surface area contributed by atoms with Gasteiger partial charge in [-0.3, -0.25) is 4.79 Å². The van der Waals surface area contributed by atoms with Crippen LogP contribution >= 0.6 is 0 Å². The van der Waals surface area contributed by atoms with Crippen molar-refractivity contribution in [2.45, 2.75) is 25.6 Å². The van der Waals surface area contributed by atoms with E-state index in [0.29, 0.717) is 0 Å². The second-order valence-electron chi connectivity index (χ2n) is 4.31. The first-order chi connectivity index (χ1) is 8.08. The van der Waals surface area contributed by atoms with Gasteiger partial charge in [0.25, 0.3) is 0 Å². The average molecular weight is 232 g/mol. The van der Waals surface area contributed by atoms with Gasteiger partial charge in [0.15, 0.2) is 11.4 Å². The highest BCUT2D eigenvalue weighted by molar-refractivity contribution is 6.02. The number of para-hydroxylation sites is 1. The van der Waals surface area contributed by atoms with Gasteiger partial charge in [-0.1, -0.05) is 18.2 Å². The van der Waals surface area contributed by atoms with Crippen molar-refractivity contribution in [1.29, 1.82) is 0 Å². The molecule has 3 nitrogen and oxygen atoms in total. The van der Waals surface area contributed by atoms with E-state index in [9.17, 15) is 4.79 Å². The molecule has 1 aromatic rings. The molecule has 0 N–H and O–H groups in total. The van der Waals surface area contributed by atoms with Crippen molar-refractivity contribution in [2.75, 3.05) is 7.11 Å². The van der Waals surface area contributed by atoms with Gasteiger partial charge in [-0.05, 0) is 32.1 Å². The Labute approximate surface area is 101 Å². The van der Waals surface area contributed by atoms with Crippen molar-refractivity contribution in [3.05, 3.63) is 35.9 Å². The van der Waals surface area contributed by atoms with Crippen molar-refractivity contribution in [3.63, 3.8) is 0 Å². The summed E-state index contributed by atoms with van der Waals surface area (Å²) >= 11 is 0. The molecular weight excluding hydrogens is 216 g/mol. The van der Waals surface area contributed by atoms with Gasteiger partial charge in [-0.15, -0.1) is 0 Å². The zero-order valence-corrected chi connectivity index (χ0v) is 10.3. The minimum Gasteiger partial charge on any atom is -0.496 e. The van der Waals surface area contributed by atoms with Gasteiger partial charge in [0.2, 0.25) is 0 Å². The number of hydrogen-bond acceptors (Lipinski definition) is 3. The Morgan fingerprint density at radius 3 is 2.71 bits per heavy atom. The van der Waals surface area contributed by atoms with Gasteiger partial charge in [0.1, 0.15) is 5.75 Å². The van der Waals surface area contributed by atoms with Crippen LogP contribution in [0.2, 0.25) is 0 Å². The molecule has 2 rings (SSSR count). The zero-order chi connectivity index (χ0) is 12.5. The van der Waals surface area contributed by atoms with Gasteiger partial charge in [-0.25, -0.2) is 0 Å². The third-order valence-corrected chi connectivity index (χ3v) is 3.18. The van der Waals surface area contributed by atoms with Crippen LogP contribution in [0.3, 0.4) is 0 Å². The maximum Gasteiger partial charge on any atom is 0.189 e. The predicted molar refractivity (Wildman–Crippen MR) is 66.0 cm³/mol. The van der Waals surface area contributed by atoms with Crippen LogP contribution in [0.15, 0.2) is 30.3 Å². The Kier molecular flexibility index (Phi) is 3.03. The first-order valence-corrected chi connectivity index (χ1v) is 5.61. The van der Waals surface area contributed by atoms with E-state index in [-0.39, 0.29) is 11.9 Å². The third-order valence-electron chi connectivity index (χ3n) is 3.18. The molecule has 1 fully saturated rings. The number of methoxy groups -OCH3 is 1. The standard InChI is InChI=1S/C14H16O3/c1-10-14(2,17-10)13(15)9-8-11-6-4-5-7-12(11)16-3/h4-10H,1-3H3/b9-8+/t10-,14+/m1/s1. The van der Waals surface area contributed by atoms with Crippen LogP contribution in [0.25, 0.3) is 6.08 Å². The van der Waals surface area contributed by atoms with Crippen molar-refractivity contribution < 1.29 is 14.3 Å². The molecule has 2 atom stereocenters. The number of ketones is 1. The van der Waals surface area contributed by atoms with E-state index in [2.05, 4.69) is 0 Å². The van der Waals surface area contributed by atoms with E-state index < -0.39 is 5.60 Å². The first kappa shape index (κ1) is 11.9.